The molecular weight excluding hydrogens is 593 g/mol. The number of halogens is 5. The largest absolute Gasteiger partial charge is 0.433 e. The van der Waals surface area contributed by atoms with Gasteiger partial charge in [0.05, 0.1) is 16.8 Å². The zero-order valence-corrected chi connectivity index (χ0v) is 20.1. The number of carbonyl (C=O) groups is 1. The zero-order chi connectivity index (χ0) is 24.7. The first-order valence-electron chi connectivity index (χ1n) is 9.79. The summed E-state index contributed by atoms with van der Waals surface area (Å²) in [7, 11) is -3.95. The number of sulfonamides is 1. The van der Waals surface area contributed by atoms with E-state index in [-0.39, 0.29) is 18.0 Å². The highest BCUT2D eigenvalue weighted by molar-refractivity contribution is 14.1. The van der Waals surface area contributed by atoms with Gasteiger partial charge in [-0.1, -0.05) is 0 Å². The molecule has 1 saturated heterocycles. The fourth-order valence-corrected chi connectivity index (χ4v) is 5.48. The van der Waals surface area contributed by atoms with Crippen LogP contribution in [0.3, 0.4) is 0 Å². The average Bonchev–Trinajstić information content (AvgIpc) is 3.11. The normalized spacial score (nSPS) is 16.8. The van der Waals surface area contributed by atoms with Gasteiger partial charge in [0.2, 0.25) is 15.9 Å². The van der Waals surface area contributed by atoms with Crippen molar-refractivity contribution >= 4 is 38.5 Å². The molecule has 0 aliphatic carbocycles. The Balaban J connectivity index is 1.41. The molecule has 2 aromatic heterocycles. The van der Waals surface area contributed by atoms with Crippen molar-refractivity contribution in [3.05, 3.63) is 69.6 Å². The topological polar surface area (TPSA) is 97.2 Å². The molecule has 14 heteroatoms. The summed E-state index contributed by atoms with van der Waals surface area (Å²) in [5.74, 6) is -1.07. The second-order valence-electron chi connectivity index (χ2n) is 7.38. The van der Waals surface area contributed by atoms with Gasteiger partial charge in [0.15, 0.2) is 0 Å². The van der Waals surface area contributed by atoms with E-state index in [1.165, 1.54) is 10.7 Å². The lowest BCUT2D eigenvalue weighted by Gasteiger charge is -2.38. The molecule has 3 heterocycles. The Bertz CT molecular complexity index is 1310. The maximum atomic E-state index is 13.1. The molecule has 1 N–H and O–H groups in total. The fourth-order valence-electron chi connectivity index (χ4n) is 3.28. The Labute approximate surface area is 205 Å². The Kier molecular flexibility index (Phi) is 6.65. The van der Waals surface area contributed by atoms with Crippen molar-refractivity contribution in [3.63, 3.8) is 0 Å². The number of carbonyl (C=O) groups excluding carboxylic acids is 1. The quantitative estimate of drug-likeness (QED) is 0.343. The first-order chi connectivity index (χ1) is 16.0. The number of hydrogen-bond donors (Lipinski definition) is 1. The Hall–Kier alpha value is -2.59. The third-order valence-corrected chi connectivity index (χ3v) is 8.02. The lowest BCUT2D eigenvalue weighted by atomic mass is 10.1. The number of amides is 1. The van der Waals surface area contributed by atoms with Gasteiger partial charge < -0.3 is 5.32 Å². The summed E-state index contributed by atoms with van der Waals surface area (Å²) < 4.78 is 79.6. The minimum Gasteiger partial charge on any atom is -0.350 e. The predicted octanol–water partition coefficient (Wildman–Crippen LogP) is 3.11. The SMILES string of the molecule is O=C(NCc1cn(-c2ccc(C(F)(F)F)nc2)nc1I)[C@@H]1CCN1S(=O)(=O)c1ccc(F)cc1. The summed E-state index contributed by atoms with van der Waals surface area (Å²) in [6, 6.07) is 5.53. The van der Waals surface area contributed by atoms with E-state index in [2.05, 4.69) is 15.4 Å². The van der Waals surface area contributed by atoms with Gasteiger partial charge in [0.25, 0.3) is 0 Å². The molecule has 0 spiro atoms. The first-order valence-corrected chi connectivity index (χ1v) is 12.3. The number of benzene rings is 1. The van der Waals surface area contributed by atoms with E-state index in [0.717, 1.165) is 40.8 Å². The minimum absolute atomic E-state index is 0.0338. The van der Waals surface area contributed by atoms with Crippen LogP contribution in [0.2, 0.25) is 0 Å². The second-order valence-corrected chi connectivity index (χ2v) is 10.3. The predicted molar refractivity (Wildman–Crippen MR) is 120 cm³/mol. The highest BCUT2D eigenvalue weighted by atomic mass is 127. The molecule has 1 aliphatic rings. The maximum absolute atomic E-state index is 13.1. The molecule has 0 bridgehead atoms. The summed E-state index contributed by atoms with van der Waals surface area (Å²) in [5, 5.41) is 6.90. The number of aromatic nitrogens is 3. The van der Waals surface area contributed by atoms with Crippen molar-refractivity contribution in [2.45, 2.75) is 30.1 Å². The Morgan fingerprint density at radius 1 is 1.18 bits per heavy atom. The van der Waals surface area contributed by atoms with Gasteiger partial charge in [0, 0.05) is 24.8 Å². The molecule has 1 amide bonds. The summed E-state index contributed by atoms with van der Waals surface area (Å²) in [5.41, 5.74) is -0.133. The molecule has 1 aliphatic heterocycles. The van der Waals surface area contributed by atoms with Crippen molar-refractivity contribution in [1.29, 1.82) is 0 Å². The molecule has 34 heavy (non-hydrogen) atoms. The maximum Gasteiger partial charge on any atom is 0.433 e. The number of nitrogens with zero attached hydrogens (tertiary/aromatic N) is 4. The van der Waals surface area contributed by atoms with E-state index in [4.69, 9.17) is 0 Å². The number of rotatable bonds is 6. The Morgan fingerprint density at radius 2 is 1.88 bits per heavy atom. The van der Waals surface area contributed by atoms with E-state index >= 15 is 0 Å². The molecular formula is C20H16F4IN5O3S. The average molecular weight is 609 g/mol. The van der Waals surface area contributed by atoms with Crippen LogP contribution in [0.5, 0.6) is 0 Å². The van der Waals surface area contributed by atoms with Crippen molar-refractivity contribution in [2.24, 2.45) is 0 Å². The van der Waals surface area contributed by atoms with Gasteiger partial charge in [-0.15, -0.1) is 0 Å². The number of hydrogen-bond acceptors (Lipinski definition) is 5. The van der Waals surface area contributed by atoms with Crippen LogP contribution in [0.4, 0.5) is 17.6 Å². The highest BCUT2D eigenvalue weighted by Crippen LogP contribution is 2.29. The van der Waals surface area contributed by atoms with E-state index in [1.54, 1.807) is 6.20 Å². The van der Waals surface area contributed by atoms with Crippen LogP contribution in [0.25, 0.3) is 5.69 Å². The second kappa shape index (κ2) is 9.22. The molecule has 1 aromatic carbocycles. The number of alkyl halides is 3. The lowest BCUT2D eigenvalue weighted by molar-refractivity contribution is -0.141. The molecule has 1 fully saturated rings. The lowest BCUT2D eigenvalue weighted by Crippen LogP contribution is -2.57. The summed E-state index contributed by atoms with van der Waals surface area (Å²) in [4.78, 5) is 15.9. The molecule has 0 radical (unpaired) electrons. The molecule has 4 rings (SSSR count). The third kappa shape index (κ3) is 4.93. The van der Waals surface area contributed by atoms with Gasteiger partial charge in [-0.05, 0) is 65.4 Å². The van der Waals surface area contributed by atoms with Crippen molar-refractivity contribution < 1.29 is 30.8 Å². The van der Waals surface area contributed by atoms with Gasteiger partial charge in [-0.25, -0.2) is 22.5 Å². The monoisotopic (exact) mass is 609 g/mol. The third-order valence-electron chi connectivity index (χ3n) is 5.19. The van der Waals surface area contributed by atoms with Crippen LogP contribution < -0.4 is 5.32 Å². The van der Waals surface area contributed by atoms with Gasteiger partial charge >= 0.3 is 6.18 Å². The van der Waals surface area contributed by atoms with E-state index < -0.39 is 39.7 Å². The van der Waals surface area contributed by atoms with Crippen molar-refractivity contribution in [2.75, 3.05) is 6.54 Å². The minimum atomic E-state index is -4.55. The van der Waals surface area contributed by atoms with Crippen LogP contribution in [0.15, 0.2) is 53.7 Å². The molecule has 0 unspecified atom stereocenters. The zero-order valence-electron chi connectivity index (χ0n) is 17.1. The van der Waals surface area contributed by atoms with Crippen LogP contribution >= 0.6 is 22.6 Å². The van der Waals surface area contributed by atoms with Crippen molar-refractivity contribution in [1.82, 2.24) is 24.4 Å². The van der Waals surface area contributed by atoms with Crippen LogP contribution in [-0.4, -0.2) is 46.0 Å². The van der Waals surface area contributed by atoms with E-state index in [1.807, 2.05) is 22.6 Å². The summed E-state index contributed by atoms with van der Waals surface area (Å²) in [6.07, 6.45) is -1.63. The number of pyridine rings is 1. The smallest absolute Gasteiger partial charge is 0.350 e. The van der Waals surface area contributed by atoms with Crippen LogP contribution in [0, 0.1) is 9.52 Å². The van der Waals surface area contributed by atoms with E-state index in [9.17, 15) is 30.8 Å². The van der Waals surface area contributed by atoms with Crippen LogP contribution in [-0.2, 0) is 27.5 Å². The summed E-state index contributed by atoms with van der Waals surface area (Å²) in [6.45, 7) is 0.195. The van der Waals surface area contributed by atoms with Crippen LogP contribution in [0.1, 0.15) is 17.7 Å². The number of nitrogens with one attached hydrogen (secondary N) is 1. The molecule has 8 nitrogen and oxygen atoms in total. The standard InChI is InChI=1S/C20H16F4IN5O3S/c21-13-1-4-15(5-2-13)34(32,33)30-8-7-16(30)19(31)27-9-12-11-29(28-18(12)25)14-3-6-17(26-10-14)20(22,23)24/h1-6,10-11,16H,7-9H2,(H,27,31)/t16-/m0/s1. The van der Waals surface area contributed by atoms with Gasteiger partial charge in [-0.2, -0.15) is 22.6 Å². The summed E-state index contributed by atoms with van der Waals surface area (Å²) >= 11 is 1.92. The molecule has 0 saturated carbocycles. The Morgan fingerprint density at radius 3 is 2.44 bits per heavy atom. The van der Waals surface area contributed by atoms with E-state index in [0.29, 0.717) is 21.4 Å². The van der Waals surface area contributed by atoms with Gasteiger partial charge in [-0.3, -0.25) is 4.79 Å². The molecule has 1 atom stereocenters. The highest BCUT2D eigenvalue weighted by Gasteiger charge is 2.42. The van der Waals surface area contributed by atoms with Crippen molar-refractivity contribution in [3.8, 4) is 5.69 Å². The fraction of sp³-hybridized carbons (Fsp3) is 0.250. The van der Waals surface area contributed by atoms with Gasteiger partial charge in [0.1, 0.15) is 21.3 Å². The molecule has 3 aromatic rings. The molecule has 180 valence electrons. The first kappa shape index (κ1) is 24.5.